The molecule has 1 atom stereocenters. The zero-order chi connectivity index (χ0) is 25.5. The summed E-state index contributed by atoms with van der Waals surface area (Å²) >= 11 is 0. The highest BCUT2D eigenvalue weighted by molar-refractivity contribution is 5.96. The summed E-state index contributed by atoms with van der Waals surface area (Å²) in [6.45, 7) is 7.94. The Morgan fingerprint density at radius 2 is 1.69 bits per heavy atom. The van der Waals surface area contributed by atoms with Crippen molar-refractivity contribution >= 4 is 10.8 Å². The first-order valence-electron chi connectivity index (χ1n) is 11.9. The van der Waals surface area contributed by atoms with Crippen LogP contribution in [-0.2, 0) is 7.05 Å². The van der Waals surface area contributed by atoms with Crippen molar-refractivity contribution in [3.63, 3.8) is 0 Å². The average Bonchev–Trinajstić information content (AvgIpc) is 2.80. The molecule has 0 bridgehead atoms. The number of aromatic nitrogens is 1. The van der Waals surface area contributed by atoms with E-state index in [0.717, 1.165) is 32.0 Å². The molecule has 4 rings (SSSR count). The minimum absolute atomic E-state index is 0.161. The average molecular weight is 491 g/mol. The predicted molar refractivity (Wildman–Crippen MR) is 129 cm³/mol. The largest absolute Gasteiger partial charge is 0.573 e. The van der Waals surface area contributed by atoms with Crippen LogP contribution in [0.25, 0.3) is 21.9 Å². The molecular weight excluding hydrogens is 460 g/mol. The van der Waals surface area contributed by atoms with E-state index in [-0.39, 0.29) is 22.7 Å². The lowest BCUT2D eigenvalue weighted by atomic mass is 9.86. The van der Waals surface area contributed by atoms with Gasteiger partial charge in [-0.1, -0.05) is 32.0 Å². The Kier molecular flexibility index (Phi) is 6.95. The summed E-state index contributed by atoms with van der Waals surface area (Å²) < 4.78 is 59.8. The van der Waals surface area contributed by atoms with Crippen LogP contribution in [0.15, 0.2) is 47.4 Å². The number of hydrogen-bond donors (Lipinski definition) is 0. The fourth-order valence-corrected chi connectivity index (χ4v) is 5.10. The van der Waals surface area contributed by atoms with E-state index in [9.17, 15) is 22.4 Å². The highest BCUT2D eigenvalue weighted by atomic mass is 19.4. The highest BCUT2D eigenvalue weighted by Gasteiger charge is 2.34. The second kappa shape index (κ2) is 9.64. The number of fused-ring (bicyclic) bond motifs is 1. The Hall–Kier alpha value is -2.87. The molecule has 1 aromatic heterocycles. The second-order valence-corrected chi connectivity index (χ2v) is 9.74. The normalized spacial score (nSPS) is 16.7. The lowest BCUT2D eigenvalue weighted by Gasteiger charge is -2.38. The van der Waals surface area contributed by atoms with Gasteiger partial charge in [0.2, 0.25) is 0 Å². The first-order chi connectivity index (χ1) is 16.4. The standard InChI is InChI=1S/C27H30F4N2O2/c1-16(2)18-9-11-33(12-10-18)17(3)21-7-5-19(13-25(21)35-27(29,30)31)24-15-32(4)26(34)23-14-20(28)6-8-22(23)24/h5-8,13-18H,9-12H2,1-4H3. The molecule has 0 N–H and O–H groups in total. The van der Waals surface area contributed by atoms with Crippen molar-refractivity contribution in [3.05, 3.63) is 64.3 Å². The molecule has 3 aromatic rings. The lowest BCUT2D eigenvalue weighted by molar-refractivity contribution is -0.275. The van der Waals surface area contributed by atoms with Gasteiger partial charge in [-0.3, -0.25) is 9.69 Å². The van der Waals surface area contributed by atoms with Gasteiger partial charge in [-0.2, -0.15) is 0 Å². The molecular formula is C27H30F4N2O2. The van der Waals surface area contributed by atoms with E-state index in [1.807, 2.05) is 6.92 Å². The topological polar surface area (TPSA) is 34.5 Å². The number of ether oxygens (including phenoxy) is 1. The van der Waals surface area contributed by atoms with E-state index in [4.69, 9.17) is 0 Å². The molecule has 4 nitrogen and oxygen atoms in total. The van der Waals surface area contributed by atoms with Gasteiger partial charge < -0.3 is 9.30 Å². The number of piperidine rings is 1. The van der Waals surface area contributed by atoms with Gasteiger partial charge in [-0.25, -0.2) is 4.39 Å². The zero-order valence-corrected chi connectivity index (χ0v) is 20.3. The highest BCUT2D eigenvalue weighted by Crippen LogP contribution is 2.39. The number of rotatable bonds is 5. The molecule has 35 heavy (non-hydrogen) atoms. The van der Waals surface area contributed by atoms with Crippen LogP contribution in [0, 0.1) is 17.7 Å². The van der Waals surface area contributed by atoms with Crippen LogP contribution < -0.4 is 10.3 Å². The molecule has 8 heteroatoms. The van der Waals surface area contributed by atoms with Gasteiger partial charge in [0.25, 0.3) is 5.56 Å². The number of hydrogen-bond acceptors (Lipinski definition) is 3. The molecule has 188 valence electrons. The fraction of sp³-hybridized carbons (Fsp3) is 0.444. The second-order valence-electron chi connectivity index (χ2n) is 9.74. The van der Waals surface area contributed by atoms with Crippen LogP contribution in [-0.4, -0.2) is 28.9 Å². The summed E-state index contributed by atoms with van der Waals surface area (Å²) in [6, 6.07) is 8.35. The van der Waals surface area contributed by atoms with Gasteiger partial charge in [0, 0.05) is 30.4 Å². The third-order valence-electron chi connectivity index (χ3n) is 7.21. The van der Waals surface area contributed by atoms with Gasteiger partial charge >= 0.3 is 6.36 Å². The molecule has 2 heterocycles. The number of benzene rings is 2. The van der Waals surface area contributed by atoms with E-state index < -0.39 is 12.2 Å². The molecule has 1 saturated heterocycles. The third kappa shape index (κ3) is 5.37. The van der Waals surface area contributed by atoms with Gasteiger partial charge in [0.15, 0.2) is 0 Å². The molecule has 1 unspecified atom stereocenters. The van der Waals surface area contributed by atoms with Gasteiger partial charge in [-0.15, -0.1) is 13.2 Å². The molecule has 1 aliphatic heterocycles. The maximum atomic E-state index is 13.8. The number of halogens is 4. The van der Waals surface area contributed by atoms with Gasteiger partial charge in [-0.05, 0) is 73.8 Å². The minimum Gasteiger partial charge on any atom is -0.405 e. The fourth-order valence-electron chi connectivity index (χ4n) is 5.10. The van der Waals surface area contributed by atoms with E-state index in [1.54, 1.807) is 18.3 Å². The Morgan fingerprint density at radius 1 is 1.00 bits per heavy atom. The summed E-state index contributed by atoms with van der Waals surface area (Å²) in [6.07, 6.45) is -1.28. The Morgan fingerprint density at radius 3 is 2.31 bits per heavy atom. The predicted octanol–water partition coefficient (Wildman–Crippen LogP) is 6.67. The smallest absolute Gasteiger partial charge is 0.405 e. The van der Waals surface area contributed by atoms with E-state index in [1.165, 1.54) is 29.8 Å². The molecule has 2 aromatic carbocycles. The SMILES string of the molecule is CC(C)C1CCN(C(C)c2ccc(-c3cn(C)c(=O)c4cc(F)ccc34)cc2OC(F)(F)F)CC1. The quantitative estimate of drug-likeness (QED) is 0.375. The number of alkyl halides is 3. The number of nitrogens with zero attached hydrogens (tertiary/aromatic N) is 2. The van der Waals surface area contributed by atoms with Crippen molar-refractivity contribution < 1.29 is 22.3 Å². The number of pyridine rings is 1. The molecule has 0 radical (unpaired) electrons. The van der Waals surface area contributed by atoms with Gasteiger partial charge in [0.05, 0.1) is 5.39 Å². The Labute approximate surface area is 202 Å². The Bertz CT molecular complexity index is 1270. The van der Waals surface area contributed by atoms with Crippen molar-refractivity contribution in [2.24, 2.45) is 18.9 Å². The Balaban J connectivity index is 1.76. The van der Waals surface area contributed by atoms with Crippen LogP contribution in [0.4, 0.5) is 17.6 Å². The van der Waals surface area contributed by atoms with Crippen molar-refractivity contribution in [3.8, 4) is 16.9 Å². The molecule has 1 aliphatic rings. The van der Waals surface area contributed by atoms with Gasteiger partial charge in [0.1, 0.15) is 11.6 Å². The van der Waals surface area contributed by atoms with Crippen LogP contribution in [0.1, 0.15) is 45.2 Å². The maximum absolute atomic E-state index is 13.8. The molecule has 0 spiro atoms. The minimum atomic E-state index is -4.85. The van der Waals surface area contributed by atoms with Crippen molar-refractivity contribution in [2.75, 3.05) is 13.1 Å². The molecule has 0 aliphatic carbocycles. The zero-order valence-electron chi connectivity index (χ0n) is 20.3. The van der Waals surface area contributed by atoms with Crippen molar-refractivity contribution in [2.45, 2.75) is 46.0 Å². The van der Waals surface area contributed by atoms with Crippen LogP contribution in [0.2, 0.25) is 0 Å². The summed E-state index contributed by atoms with van der Waals surface area (Å²) in [5.74, 6) is 0.381. The first-order valence-corrected chi connectivity index (χ1v) is 11.9. The monoisotopic (exact) mass is 490 g/mol. The number of likely N-dealkylation sites (tertiary alicyclic amines) is 1. The summed E-state index contributed by atoms with van der Waals surface area (Å²) in [7, 11) is 1.53. The third-order valence-corrected chi connectivity index (χ3v) is 7.21. The van der Waals surface area contributed by atoms with Crippen LogP contribution in [0.5, 0.6) is 5.75 Å². The van der Waals surface area contributed by atoms with Crippen LogP contribution in [0.3, 0.4) is 0 Å². The maximum Gasteiger partial charge on any atom is 0.573 e. The molecule has 1 fully saturated rings. The van der Waals surface area contributed by atoms with E-state index in [0.29, 0.717) is 33.9 Å². The van der Waals surface area contributed by atoms with Crippen molar-refractivity contribution in [1.29, 1.82) is 0 Å². The molecule has 0 amide bonds. The molecule has 0 saturated carbocycles. The number of aryl methyl sites for hydroxylation is 1. The van der Waals surface area contributed by atoms with E-state index in [2.05, 4.69) is 23.5 Å². The van der Waals surface area contributed by atoms with E-state index >= 15 is 0 Å². The summed E-state index contributed by atoms with van der Waals surface area (Å²) in [5, 5.41) is 0.623. The van der Waals surface area contributed by atoms with Crippen LogP contribution >= 0.6 is 0 Å². The lowest BCUT2D eigenvalue weighted by Crippen LogP contribution is -2.37. The first kappa shape index (κ1) is 25.2. The summed E-state index contributed by atoms with van der Waals surface area (Å²) in [5.41, 5.74) is 1.04. The van der Waals surface area contributed by atoms with Crippen molar-refractivity contribution in [1.82, 2.24) is 9.47 Å². The summed E-state index contributed by atoms with van der Waals surface area (Å²) in [4.78, 5) is 14.7.